The Morgan fingerprint density at radius 2 is 1.47 bits per heavy atom. The highest BCUT2D eigenvalue weighted by molar-refractivity contribution is 7.89. The maximum Gasteiger partial charge on any atom is 0.243 e. The third-order valence-electron chi connectivity index (χ3n) is 5.62. The monoisotopic (exact) mass is 468 g/mol. The molecule has 1 saturated carbocycles. The predicted molar refractivity (Wildman–Crippen MR) is 116 cm³/mol. The van der Waals surface area contributed by atoms with Gasteiger partial charge in [-0.25, -0.2) is 16.8 Å². The number of hydrogen-bond acceptors (Lipinski definition) is 4. The first-order valence-electron chi connectivity index (χ1n) is 10.2. The van der Waals surface area contributed by atoms with Crippen molar-refractivity contribution < 1.29 is 16.8 Å². The summed E-state index contributed by atoms with van der Waals surface area (Å²) < 4.78 is 55.2. The zero-order valence-corrected chi connectivity index (χ0v) is 19.0. The summed E-state index contributed by atoms with van der Waals surface area (Å²) in [4.78, 5) is 0.228. The SMILES string of the molecule is O=S(=O)(c1ccc(S(=O)(=O)N(Cc2ccccc2Cl)C2CC2)cc1)N1CCCCC1. The summed E-state index contributed by atoms with van der Waals surface area (Å²) >= 11 is 6.24. The third-order valence-corrected chi connectivity index (χ3v) is 9.82. The van der Waals surface area contributed by atoms with E-state index >= 15 is 0 Å². The minimum atomic E-state index is -3.77. The molecule has 162 valence electrons. The number of hydrogen-bond donors (Lipinski definition) is 0. The zero-order valence-electron chi connectivity index (χ0n) is 16.6. The second kappa shape index (κ2) is 8.59. The van der Waals surface area contributed by atoms with Gasteiger partial charge >= 0.3 is 0 Å². The lowest BCUT2D eigenvalue weighted by molar-refractivity contribution is 0.346. The van der Waals surface area contributed by atoms with Crippen molar-refractivity contribution in [1.82, 2.24) is 8.61 Å². The average Bonchev–Trinajstić information content (AvgIpc) is 3.59. The Labute approximate surface area is 183 Å². The van der Waals surface area contributed by atoms with Gasteiger partial charge in [-0.1, -0.05) is 36.2 Å². The van der Waals surface area contributed by atoms with Gasteiger partial charge < -0.3 is 0 Å². The van der Waals surface area contributed by atoms with Gasteiger partial charge in [0.25, 0.3) is 0 Å². The molecule has 1 aliphatic carbocycles. The summed E-state index contributed by atoms with van der Waals surface area (Å²) in [6, 6.07) is 12.7. The average molecular weight is 469 g/mol. The normalized spacial score (nSPS) is 18.6. The van der Waals surface area contributed by atoms with Crippen LogP contribution in [0.4, 0.5) is 0 Å². The number of sulfonamides is 2. The van der Waals surface area contributed by atoms with E-state index in [0.29, 0.717) is 18.1 Å². The van der Waals surface area contributed by atoms with Crippen LogP contribution in [-0.4, -0.2) is 44.6 Å². The van der Waals surface area contributed by atoms with E-state index in [-0.39, 0.29) is 22.4 Å². The van der Waals surface area contributed by atoms with Crippen LogP contribution >= 0.6 is 11.6 Å². The van der Waals surface area contributed by atoms with Crippen LogP contribution in [0.3, 0.4) is 0 Å². The molecule has 1 saturated heterocycles. The molecule has 1 aliphatic heterocycles. The summed E-state index contributed by atoms with van der Waals surface area (Å²) in [5.74, 6) is 0. The highest BCUT2D eigenvalue weighted by Gasteiger charge is 2.38. The van der Waals surface area contributed by atoms with Gasteiger partial charge in [-0.15, -0.1) is 0 Å². The fraction of sp³-hybridized carbons (Fsp3) is 0.429. The lowest BCUT2D eigenvalue weighted by atomic mass is 10.2. The Morgan fingerprint density at radius 3 is 2.07 bits per heavy atom. The molecule has 0 radical (unpaired) electrons. The highest BCUT2D eigenvalue weighted by atomic mass is 35.5. The van der Waals surface area contributed by atoms with Crippen LogP contribution in [-0.2, 0) is 26.6 Å². The minimum Gasteiger partial charge on any atom is -0.207 e. The van der Waals surface area contributed by atoms with E-state index in [9.17, 15) is 16.8 Å². The molecule has 2 aromatic rings. The molecule has 2 aliphatic rings. The largest absolute Gasteiger partial charge is 0.243 e. The Hall–Kier alpha value is -1.45. The summed E-state index contributed by atoms with van der Waals surface area (Å²) in [6.07, 6.45) is 4.36. The van der Waals surface area contributed by atoms with Crippen LogP contribution in [0.1, 0.15) is 37.7 Å². The Morgan fingerprint density at radius 1 is 0.867 bits per heavy atom. The molecule has 2 fully saturated rings. The standard InChI is InChI=1S/C21H25ClN2O4S2/c22-21-7-3-2-6-17(21)16-24(18-8-9-18)30(27,28)20-12-10-19(11-13-20)29(25,26)23-14-4-1-5-15-23/h2-3,6-7,10-13,18H,1,4-5,8-9,14-16H2. The van der Waals surface area contributed by atoms with Crippen molar-refractivity contribution in [1.29, 1.82) is 0 Å². The second-order valence-electron chi connectivity index (χ2n) is 7.81. The van der Waals surface area contributed by atoms with Crippen molar-refractivity contribution in [3.8, 4) is 0 Å². The summed E-state index contributed by atoms with van der Waals surface area (Å²) in [5, 5.41) is 0.529. The van der Waals surface area contributed by atoms with E-state index in [0.717, 1.165) is 37.7 Å². The molecule has 1 heterocycles. The molecule has 2 aromatic carbocycles. The molecule has 0 unspecified atom stereocenters. The molecule has 4 rings (SSSR count). The maximum absolute atomic E-state index is 13.3. The fourth-order valence-electron chi connectivity index (χ4n) is 3.74. The van der Waals surface area contributed by atoms with Gasteiger partial charge in [0.05, 0.1) is 9.79 Å². The molecule has 6 nitrogen and oxygen atoms in total. The molecule has 0 spiro atoms. The quantitative estimate of drug-likeness (QED) is 0.618. The van der Waals surface area contributed by atoms with E-state index in [1.165, 1.54) is 32.9 Å². The Bertz CT molecular complexity index is 1110. The molecule has 0 bridgehead atoms. The zero-order chi connectivity index (χ0) is 21.4. The summed E-state index contributed by atoms with van der Waals surface area (Å²) in [6.45, 7) is 1.21. The van der Waals surface area contributed by atoms with E-state index in [1.807, 2.05) is 18.2 Å². The maximum atomic E-state index is 13.3. The molecule has 0 amide bonds. The summed E-state index contributed by atoms with van der Waals surface area (Å²) in [5.41, 5.74) is 0.749. The van der Waals surface area contributed by atoms with Crippen molar-refractivity contribution in [2.45, 2.75) is 54.5 Å². The van der Waals surface area contributed by atoms with Gasteiger partial charge in [0.15, 0.2) is 0 Å². The molecular formula is C21H25ClN2O4S2. The van der Waals surface area contributed by atoms with Crippen LogP contribution in [0.2, 0.25) is 5.02 Å². The number of benzene rings is 2. The molecule has 0 N–H and O–H groups in total. The molecule has 0 aromatic heterocycles. The molecule has 0 atom stereocenters. The van der Waals surface area contributed by atoms with Crippen LogP contribution in [0.15, 0.2) is 58.3 Å². The molecule has 30 heavy (non-hydrogen) atoms. The van der Waals surface area contributed by atoms with Crippen molar-refractivity contribution in [3.63, 3.8) is 0 Å². The van der Waals surface area contributed by atoms with Crippen LogP contribution in [0.5, 0.6) is 0 Å². The number of rotatable bonds is 7. The number of piperidine rings is 1. The van der Waals surface area contributed by atoms with Gasteiger partial charge in [0, 0.05) is 30.7 Å². The first kappa shape index (κ1) is 21.8. The second-order valence-corrected chi connectivity index (χ2v) is 12.0. The Kier molecular flexibility index (Phi) is 6.23. The van der Waals surface area contributed by atoms with Gasteiger partial charge in [-0.3, -0.25) is 0 Å². The Balaban J connectivity index is 1.59. The summed E-state index contributed by atoms with van der Waals surface area (Å²) in [7, 11) is -7.37. The lowest BCUT2D eigenvalue weighted by Gasteiger charge is -2.26. The minimum absolute atomic E-state index is 0.0527. The van der Waals surface area contributed by atoms with E-state index < -0.39 is 20.0 Å². The number of halogens is 1. The van der Waals surface area contributed by atoms with Gasteiger partial charge in [-0.2, -0.15) is 8.61 Å². The predicted octanol–water partition coefficient (Wildman–Crippen LogP) is 3.87. The third kappa shape index (κ3) is 4.43. The highest BCUT2D eigenvalue weighted by Crippen LogP contribution is 2.35. The first-order chi connectivity index (χ1) is 14.3. The van der Waals surface area contributed by atoms with E-state index in [4.69, 9.17) is 11.6 Å². The van der Waals surface area contributed by atoms with Crippen LogP contribution < -0.4 is 0 Å². The van der Waals surface area contributed by atoms with Gasteiger partial charge in [-0.05, 0) is 61.6 Å². The van der Waals surface area contributed by atoms with E-state index in [2.05, 4.69) is 0 Å². The van der Waals surface area contributed by atoms with Crippen molar-refractivity contribution >= 4 is 31.6 Å². The smallest absolute Gasteiger partial charge is 0.207 e. The molecular weight excluding hydrogens is 444 g/mol. The van der Waals surface area contributed by atoms with Crippen molar-refractivity contribution in [2.24, 2.45) is 0 Å². The fourth-order valence-corrected chi connectivity index (χ4v) is 7.12. The van der Waals surface area contributed by atoms with Crippen molar-refractivity contribution in [3.05, 3.63) is 59.1 Å². The van der Waals surface area contributed by atoms with Crippen LogP contribution in [0, 0.1) is 0 Å². The van der Waals surface area contributed by atoms with Gasteiger partial charge in [0.1, 0.15) is 0 Å². The number of nitrogens with zero attached hydrogens (tertiary/aromatic N) is 2. The first-order valence-corrected chi connectivity index (χ1v) is 13.4. The van der Waals surface area contributed by atoms with Crippen molar-refractivity contribution in [2.75, 3.05) is 13.1 Å². The van der Waals surface area contributed by atoms with Crippen LogP contribution in [0.25, 0.3) is 0 Å². The van der Waals surface area contributed by atoms with E-state index in [1.54, 1.807) is 6.07 Å². The lowest BCUT2D eigenvalue weighted by Crippen LogP contribution is -2.35. The molecule has 9 heteroatoms. The topological polar surface area (TPSA) is 74.8 Å². The van der Waals surface area contributed by atoms with Gasteiger partial charge in [0.2, 0.25) is 20.0 Å².